The normalized spacial score (nSPS) is 10.3. The third-order valence-corrected chi connectivity index (χ3v) is 4.59. The number of nitro benzene ring substituents is 2. The van der Waals surface area contributed by atoms with E-state index in [0.29, 0.717) is 11.4 Å². The number of non-ortho nitro benzene ring substituents is 1. The lowest BCUT2D eigenvalue weighted by atomic mass is 10.1. The summed E-state index contributed by atoms with van der Waals surface area (Å²) in [5.41, 5.74) is 2.53. The van der Waals surface area contributed by atoms with Crippen molar-refractivity contribution < 1.29 is 14.6 Å². The summed E-state index contributed by atoms with van der Waals surface area (Å²) in [5, 5.41) is 27.9. The van der Waals surface area contributed by atoms with Crippen molar-refractivity contribution in [3.63, 3.8) is 0 Å². The molecule has 0 atom stereocenters. The van der Waals surface area contributed by atoms with Gasteiger partial charge in [0.05, 0.1) is 27.2 Å². The predicted molar refractivity (Wildman–Crippen MR) is 113 cm³/mol. The number of hydrogen-bond acceptors (Lipinski definition) is 6. The highest BCUT2D eigenvalue weighted by Crippen LogP contribution is 2.32. The molecule has 0 aliphatic rings. The summed E-state index contributed by atoms with van der Waals surface area (Å²) in [6.07, 6.45) is 0. The molecule has 0 saturated carbocycles. The van der Waals surface area contributed by atoms with Gasteiger partial charge in [0.1, 0.15) is 5.69 Å². The minimum atomic E-state index is -0.715. The van der Waals surface area contributed by atoms with Gasteiger partial charge in [0.2, 0.25) is 0 Å². The van der Waals surface area contributed by atoms with Crippen LogP contribution in [0.3, 0.4) is 0 Å². The molecule has 0 heterocycles. The topological polar surface area (TPSA) is 127 Å². The zero-order chi connectivity index (χ0) is 21.8. The molecule has 2 N–H and O–H groups in total. The van der Waals surface area contributed by atoms with Crippen LogP contribution in [-0.4, -0.2) is 15.8 Å². The van der Waals surface area contributed by atoms with Crippen molar-refractivity contribution >= 4 is 34.3 Å². The maximum Gasteiger partial charge on any atom is 0.299 e. The van der Waals surface area contributed by atoms with Gasteiger partial charge < -0.3 is 10.6 Å². The second kappa shape index (κ2) is 8.39. The predicted octanol–water partition coefficient (Wildman–Crippen LogP) is 5.12. The Hall–Kier alpha value is -4.27. The molecule has 1 amide bonds. The van der Waals surface area contributed by atoms with Gasteiger partial charge in [0, 0.05) is 11.8 Å². The Morgan fingerprint density at radius 1 is 0.833 bits per heavy atom. The van der Waals surface area contributed by atoms with Gasteiger partial charge in [-0.3, -0.25) is 25.0 Å². The molecule has 3 rings (SSSR count). The standard InChI is InChI=1S/C21H18N4O5/c1-13-7-8-15(11-14(13)2)22-21(26)17-5-3-4-6-18(17)23-19-10-9-16(24(27)28)12-20(19)25(29)30/h3-12,23H,1-2H3,(H,22,26). The van der Waals surface area contributed by atoms with E-state index in [1.807, 2.05) is 26.0 Å². The number of rotatable bonds is 6. The Morgan fingerprint density at radius 2 is 1.57 bits per heavy atom. The first-order valence-electron chi connectivity index (χ1n) is 8.94. The van der Waals surface area contributed by atoms with Crippen molar-refractivity contribution in [1.29, 1.82) is 0 Å². The molecule has 0 aliphatic carbocycles. The Labute approximate surface area is 171 Å². The number of benzene rings is 3. The van der Waals surface area contributed by atoms with Crippen molar-refractivity contribution in [1.82, 2.24) is 0 Å². The van der Waals surface area contributed by atoms with Crippen LogP contribution < -0.4 is 10.6 Å². The summed E-state index contributed by atoms with van der Waals surface area (Å²) in [7, 11) is 0. The lowest BCUT2D eigenvalue weighted by molar-refractivity contribution is -0.393. The number of carbonyl (C=O) groups is 1. The smallest absolute Gasteiger partial charge is 0.299 e. The summed E-state index contributed by atoms with van der Waals surface area (Å²) in [4.78, 5) is 33.7. The summed E-state index contributed by atoms with van der Waals surface area (Å²) in [6.45, 7) is 3.91. The minimum Gasteiger partial charge on any atom is -0.349 e. The summed E-state index contributed by atoms with van der Waals surface area (Å²) in [6, 6.07) is 15.3. The van der Waals surface area contributed by atoms with Crippen LogP contribution in [0, 0.1) is 34.1 Å². The Kier molecular flexibility index (Phi) is 5.73. The summed E-state index contributed by atoms with van der Waals surface area (Å²) < 4.78 is 0. The molecule has 9 nitrogen and oxygen atoms in total. The minimum absolute atomic E-state index is 0.0389. The van der Waals surface area contributed by atoms with Crippen molar-refractivity contribution in [2.45, 2.75) is 13.8 Å². The Balaban J connectivity index is 1.92. The molecule has 0 spiro atoms. The number of nitrogens with one attached hydrogen (secondary N) is 2. The molecule has 0 radical (unpaired) electrons. The van der Waals surface area contributed by atoms with Gasteiger partial charge in [-0.1, -0.05) is 18.2 Å². The lowest BCUT2D eigenvalue weighted by Gasteiger charge is -2.13. The van der Waals surface area contributed by atoms with Crippen LogP contribution in [0.1, 0.15) is 21.5 Å². The maximum absolute atomic E-state index is 12.8. The first-order chi connectivity index (χ1) is 14.3. The molecule has 152 valence electrons. The number of aryl methyl sites for hydroxylation is 2. The third kappa shape index (κ3) is 4.41. The molecular formula is C21H18N4O5. The second-order valence-corrected chi connectivity index (χ2v) is 6.64. The fourth-order valence-corrected chi connectivity index (χ4v) is 2.84. The van der Waals surface area contributed by atoms with Gasteiger partial charge in [-0.2, -0.15) is 0 Å². The van der Waals surface area contributed by atoms with E-state index in [-0.39, 0.29) is 11.3 Å². The van der Waals surface area contributed by atoms with Gasteiger partial charge in [-0.25, -0.2) is 0 Å². The number of para-hydroxylation sites is 1. The molecule has 0 aromatic heterocycles. The van der Waals surface area contributed by atoms with Crippen LogP contribution in [-0.2, 0) is 0 Å². The van der Waals surface area contributed by atoms with Gasteiger partial charge in [-0.05, 0) is 55.3 Å². The van der Waals surface area contributed by atoms with Crippen LogP contribution in [0.25, 0.3) is 0 Å². The molecule has 0 unspecified atom stereocenters. The van der Waals surface area contributed by atoms with E-state index in [1.54, 1.807) is 30.3 Å². The highest BCUT2D eigenvalue weighted by Gasteiger charge is 2.21. The van der Waals surface area contributed by atoms with Crippen molar-refractivity contribution in [3.05, 3.63) is 97.6 Å². The van der Waals surface area contributed by atoms with E-state index in [1.165, 1.54) is 6.07 Å². The summed E-state index contributed by atoms with van der Waals surface area (Å²) >= 11 is 0. The molecule has 3 aromatic rings. The number of nitro groups is 2. The van der Waals surface area contributed by atoms with E-state index >= 15 is 0 Å². The molecule has 3 aromatic carbocycles. The van der Waals surface area contributed by atoms with Crippen LogP contribution >= 0.6 is 0 Å². The number of amides is 1. The van der Waals surface area contributed by atoms with Crippen molar-refractivity contribution in [2.75, 3.05) is 10.6 Å². The lowest BCUT2D eigenvalue weighted by Crippen LogP contribution is -2.14. The van der Waals surface area contributed by atoms with Gasteiger partial charge in [-0.15, -0.1) is 0 Å². The molecule has 0 saturated heterocycles. The molecule has 30 heavy (non-hydrogen) atoms. The molecule has 9 heteroatoms. The largest absolute Gasteiger partial charge is 0.349 e. The van der Waals surface area contributed by atoms with Gasteiger partial charge >= 0.3 is 0 Å². The van der Waals surface area contributed by atoms with E-state index < -0.39 is 27.1 Å². The Bertz CT molecular complexity index is 1160. The average molecular weight is 406 g/mol. The summed E-state index contributed by atoms with van der Waals surface area (Å²) in [5.74, 6) is -0.397. The average Bonchev–Trinajstić information content (AvgIpc) is 2.71. The fraction of sp³-hybridized carbons (Fsp3) is 0.0952. The number of hydrogen-bond donors (Lipinski definition) is 2. The van der Waals surface area contributed by atoms with Gasteiger partial charge in [0.25, 0.3) is 17.3 Å². The first-order valence-corrected chi connectivity index (χ1v) is 8.94. The Morgan fingerprint density at radius 3 is 2.23 bits per heavy atom. The third-order valence-electron chi connectivity index (χ3n) is 4.59. The van der Waals surface area contributed by atoms with Gasteiger partial charge in [0.15, 0.2) is 0 Å². The zero-order valence-corrected chi connectivity index (χ0v) is 16.2. The highest BCUT2D eigenvalue weighted by atomic mass is 16.6. The molecule has 0 fully saturated rings. The van der Waals surface area contributed by atoms with Crippen LogP contribution in [0.15, 0.2) is 60.7 Å². The van der Waals surface area contributed by atoms with Crippen LogP contribution in [0.2, 0.25) is 0 Å². The van der Waals surface area contributed by atoms with Crippen LogP contribution in [0.5, 0.6) is 0 Å². The SMILES string of the molecule is Cc1ccc(NC(=O)c2ccccc2Nc2ccc([N+](=O)[O-])cc2[N+](=O)[O-])cc1C. The first kappa shape index (κ1) is 20.5. The maximum atomic E-state index is 12.8. The van der Waals surface area contributed by atoms with E-state index in [9.17, 15) is 25.0 Å². The quantitative estimate of drug-likeness (QED) is 0.432. The van der Waals surface area contributed by atoms with Crippen LogP contribution in [0.4, 0.5) is 28.4 Å². The van der Waals surface area contributed by atoms with E-state index in [4.69, 9.17) is 0 Å². The zero-order valence-electron chi connectivity index (χ0n) is 16.2. The monoisotopic (exact) mass is 406 g/mol. The molecular weight excluding hydrogens is 388 g/mol. The number of nitrogens with zero attached hydrogens (tertiary/aromatic N) is 2. The van der Waals surface area contributed by atoms with E-state index in [0.717, 1.165) is 23.3 Å². The van der Waals surface area contributed by atoms with E-state index in [2.05, 4.69) is 10.6 Å². The van der Waals surface area contributed by atoms with Crippen molar-refractivity contribution in [2.24, 2.45) is 0 Å². The second-order valence-electron chi connectivity index (χ2n) is 6.64. The number of anilines is 3. The molecule has 0 aliphatic heterocycles. The highest BCUT2D eigenvalue weighted by molar-refractivity contribution is 6.08. The fourth-order valence-electron chi connectivity index (χ4n) is 2.84. The number of carbonyl (C=O) groups excluding carboxylic acids is 1. The molecule has 0 bridgehead atoms. The van der Waals surface area contributed by atoms with Crippen molar-refractivity contribution in [3.8, 4) is 0 Å².